The van der Waals surface area contributed by atoms with Crippen LogP contribution in [-0.4, -0.2) is 27.8 Å². The average molecular weight is 224 g/mol. The summed E-state index contributed by atoms with van der Waals surface area (Å²) in [6.45, 7) is 13.6. The van der Waals surface area contributed by atoms with E-state index >= 15 is 0 Å². The second kappa shape index (κ2) is 4.87. The Bertz CT molecular complexity index is 331. The Hall–Kier alpha value is -1.03. The second-order valence-corrected chi connectivity index (χ2v) is 5.10. The largest absolute Gasteiger partial charge is 0.384 e. The van der Waals surface area contributed by atoms with Crippen LogP contribution in [0.1, 0.15) is 40.3 Å². The summed E-state index contributed by atoms with van der Waals surface area (Å²) < 4.78 is 1.89. The Morgan fingerprint density at radius 3 is 2.25 bits per heavy atom. The first kappa shape index (κ1) is 13.0. The van der Waals surface area contributed by atoms with Gasteiger partial charge in [0.1, 0.15) is 5.82 Å². The van der Waals surface area contributed by atoms with Crippen molar-refractivity contribution in [1.82, 2.24) is 14.7 Å². The van der Waals surface area contributed by atoms with Gasteiger partial charge in [-0.2, -0.15) is 5.10 Å². The molecule has 16 heavy (non-hydrogen) atoms. The minimum Gasteiger partial charge on any atom is -0.384 e. The summed E-state index contributed by atoms with van der Waals surface area (Å²) in [5.41, 5.74) is 6.97. The number of aromatic nitrogens is 2. The van der Waals surface area contributed by atoms with E-state index in [0.29, 0.717) is 0 Å². The minimum absolute atomic E-state index is 0.0500. The third-order valence-corrected chi connectivity index (χ3v) is 2.70. The van der Waals surface area contributed by atoms with Gasteiger partial charge in [0.15, 0.2) is 0 Å². The average Bonchev–Trinajstić information content (AvgIpc) is 2.55. The quantitative estimate of drug-likeness (QED) is 0.851. The van der Waals surface area contributed by atoms with Gasteiger partial charge >= 0.3 is 0 Å². The summed E-state index contributed by atoms with van der Waals surface area (Å²) in [6, 6.07) is 1.98. The van der Waals surface area contributed by atoms with Crippen molar-refractivity contribution in [3.8, 4) is 0 Å². The number of nitrogens with zero attached hydrogens (tertiary/aromatic N) is 3. The Morgan fingerprint density at radius 1 is 1.31 bits per heavy atom. The molecule has 0 saturated heterocycles. The third-order valence-electron chi connectivity index (χ3n) is 2.70. The molecular weight excluding hydrogens is 200 g/mol. The third kappa shape index (κ3) is 2.98. The molecule has 1 heterocycles. The van der Waals surface area contributed by atoms with Gasteiger partial charge < -0.3 is 5.73 Å². The molecule has 0 aliphatic heterocycles. The maximum atomic E-state index is 5.97. The molecular formula is C12H24N4. The van der Waals surface area contributed by atoms with Gasteiger partial charge in [-0.3, -0.25) is 4.90 Å². The molecule has 0 atom stereocenters. The summed E-state index contributed by atoms with van der Waals surface area (Å²) in [5.74, 6) is 0.745. The molecule has 0 saturated carbocycles. The van der Waals surface area contributed by atoms with Crippen molar-refractivity contribution in [3.63, 3.8) is 0 Å². The predicted molar refractivity (Wildman–Crippen MR) is 68.3 cm³/mol. The molecule has 0 radical (unpaired) electrons. The maximum Gasteiger partial charge on any atom is 0.122 e. The van der Waals surface area contributed by atoms with Crippen LogP contribution in [0.5, 0.6) is 0 Å². The van der Waals surface area contributed by atoms with Crippen LogP contribution in [0, 0.1) is 0 Å². The number of anilines is 1. The Labute approximate surface area is 98.4 Å². The van der Waals surface area contributed by atoms with Crippen LogP contribution in [-0.2, 0) is 12.1 Å². The Balaban J connectivity index is 2.85. The van der Waals surface area contributed by atoms with E-state index in [4.69, 9.17) is 5.73 Å². The molecule has 0 spiro atoms. The van der Waals surface area contributed by atoms with E-state index in [9.17, 15) is 0 Å². The molecule has 1 rings (SSSR count). The van der Waals surface area contributed by atoms with Gasteiger partial charge in [-0.1, -0.05) is 13.8 Å². The molecule has 4 nitrogen and oxygen atoms in total. The normalized spacial score (nSPS) is 12.4. The molecule has 0 amide bonds. The van der Waals surface area contributed by atoms with Crippen LogP contribution in [0.4, 0.5) is 5.82 Å². The van der Waals surface area contributed by atoms with Crippen LogP contribution >= 0.6 is 0 Å². The van der Waals surface area contributed by atoms with E-state index in [1.807, 2.05) is 10.7 Å². The first-order chi connectivity index (χ1) is 7.38. The van der Waals surface area contributed by atoms with Crippen molar-refractivity contribution in [3.05, 3.63) is 11.8 Å². The highest BCUT2D eigenvalue weighted by atomic mass is 15.4. The van der Waals surface area contributed by atoms with Gasteiger partial charge in [0.25, 0.3) is 0 Å². The summed E-state index contributed by atoms with van der Waals surface area (Å²) in [4.78, 5) is 2.33. The van der Waals surface area contributed by atoms with Gasteiger partial charge in [-0.05, 0) is 33.9 Å². The number of nitrogen functional groups attached to an aromatic ring is 1. The van der Waals surface area contributed by atoms with E-state index in [-0.39, 0.29) is 5.54 Å². The van der Waals surface area contributed by atoms with Gasteiger partial charge in [-0.25, -0.2) is 4.68 Å². The highest BCUT2D eigenvalue weighted by Gasteiger charge is 2.18. The molecule has 0 fully saturated rings. The highest BCUT2D eigenvalue weighted by Crippen LogP contribution is 2.19. The molecule has 92 valence electrons. The SMILES string of the molecule is CCN(CC)Cc1cc(N)n(C(C)(C)C)n1. The molecule has 0 aromatic carbocycles. The van der Waals surface area contributed by atoms with Crippen molar-refractivity contribution in [2.75, 3.05) is 18.8 Å². The van der Waals surface area contributed by atoms with Crippen LogP contribution in [0.25, 0.3) is 0 Å². The van der Waals surface area contributed by atoms with Crippen LogP contribution in [0.3, 0.4) is 0 Å². The molecule has 1 aromatic rings. The fourth-order valence-corrected chi connectivity index (χ4v) is 1.74. The van der Waals surface area contributed by atoms with Crippen LogP contribution in [0.2, 0.25) is 0 Å². The van der Waals surface area contributed by atoms with E-state index in [1.165, 1.54) is 0 Å². The fraction of sp³-hybridized carbons (Fsp3) is 0.750. The van der Waals surface area contributed by atoms with E-state index in [1.54, 1.807) is 0 Å². The van der Waals surface area contributed by atoms with Crippen LogP contribution < -0.4 is 5.73 Å². The number of nitrogens with two attached hydrogens (primary N) is 1. The Kier molecular flexibility index (Phi) is 3.97. The standard InChI is InChI=1S/C12H24N4/c1-6-15(7-2)9-10-8-11(13)16(14-10)12(3,4)5/h8H,6-7,9,13H2,1-5H3. The molecule has 4 heteroatoms. The number of hydrogen-bond donors (Lipinski definition) is 1. The molecule has 2 N–H and O–H groups in total. The lowest BCUT2D eigenvalue weighted by Crippen LogP contribution is -2.26. The van der Waals surface area contributed by atoms with E-state index in [0.717, 1.165) is 31.1 Å². The zero-order valence-corrected chi connectivity index (χ0v) is 11.1. The van der Waals surface area contributed by atoms with Gasteiger partial charge in [0.2, 0.25) is 0 Å². The number of rotatable bonds is 4. The molecule has 0 aliphatic carbocycles. The van der Waals surface area contributed by atoms with Gasteiger partial charge in [0.05, 0.1) is 11.2 Å². The lowest BCUT2D eigenvalue weighted by atomic mass is 10.1. The highest BCUT2D eigenvalue weighted by molar-refractivity contribution is 5.32. The van der Waals surface area contributed by atoms with Crippen molar-refractivity contribution < 1.29 is 0 Å². The summed E-state index contributed by atoms with van der Waals surface area (Å²) in [5, 5.41) is 4.57. The monoisotopic (exact) mass is 224 g/mol. The lowest BCUT2D eigenvalue weighted by Gasteiger charge is -2.21. The second-order valence-electron chi connectivity index (χ2n) is 5.10. The van der Waals surface area contributed by atoms with Crippen molar-refractivity contribution in [2.24, 2.45) is 0 Å². The van der Waals surface area contributed by atoms with Crippen molar-refractivity contribution in [1.29, 1.82) is 0 Å². The minimum atomic E-state index is -0.0500. The molecule has 0 unspecified atom stereocenters. The first-order valence-electron chi connectivity index (χ1n) is 5.95. The zero-order chi connectivity index (χ0) is 12.3. The van der Waals surface area contributed by atoms with E-state index < -0.39 is 0 Å². The summed E-state index contributed by atoms with van der Waals surface area (Å²) in [7, 11) is 0. The fourth-order valence-electron chi connectivity index (χ4n) is 1.74. The smallest absolute Gasteiger partial charge is 0.122 e. The number of hydrogen-bond acceptors (Lipinski definition) is 3. The summed E-state index contributed by atoms with van der Waals surface area (Å²) in [6.07, 6.45) is 0. The maximum absolute atomic E-state index is 5.97. The van der Waals surface area contributed by atoms with Crippen molar-refractivity contribution in [2.45, 2.75) is 46.7 Å². The molecule has 0 aliphatic rings. The van der Waals surface area contributed by atoms with Gasteiger partial charge in [-0.15, -0.1) is 0 Å². The van der Waals surface area contributed by atoms with Crippen molar-refractivity contribution >= 4 is 5.82 Å². The Morgan fingerprint density at radius 2 is 1.88 bits per heavy atom. The topological polar surface area (TPSA) is 47.1 Å². The summed E-state index contributed by atoms with van der Waals surface area (Å²) >= 11 is 0. The van der Waals surface area contributed by atoms with Gasteiger partial charge in [0, 0.05) is 12.6 Å². The zero-order valence-electron chi connectivity index (χ0n) is 11.1. The lowest BCUT2D eigenvalue weighted by molar-refractivity contribution is 0.286. The van der Waals surface area contributed by atoms with E-state index in [2.05, 4.69) is 44.6 Å². The first-order valence-corrected chi connectivity index (χ1v) is 5.95. The molecule has 0 bridgehead atoms. The molecule has 1 aromatic heterocycles. The van der Waals surface area contributed by atoms with Crippen LogP contribution in [0.15, 0.2) is 6.07 Å². The predicted octanol–water partition coefficient (Wildman–Crippen LogP) is 2.06.